The number of aromatic hydroxyl groups is 1. The molecule has 0 aromatic heterocycles. The Kier molecular flexibility index (Phi) is 9.39. The number of unbranched alkanes of at least 4 members (excludes halogenated alkanes) is 8. The van der Waals surface area contributed by atoms with Gasteiger partial charge in [0, 0.05) is 12.5 Å². The summed E-state index contributed by atoms with van der Waals surface area (Å²) in [4.78, 5) is 10.2. The van der Waals surface area contributed by atoms with Gasteiger partial charge in [-0.1, -0.05) is 38.5 Å². The molecule has 0 radical (unpaired) electrons. The third-order valence-corrected chi connectivity index (χ3v) is 6.98. The molecule has 1 unspecified atom stereocenters. The van der Waals surface area contributed by atoms with Gasteiger partial charge in [-0.05, 0) is 89.0 Å². The summed E-state index contributed by atoms with van der Waals surface area (Å²) in [7, 11) is 0. The monoisotopic (exact) mass is 431 g/mol. The topological polar surface area (TPSA) is 72.6 Å². The molecule has 0 bridgehead atoms. The zero-order valence-electron chi connectivity index (χ0n) is 20.2. The fraction of sp³-hybridized carbons (Fsp3) is 0.692. The molecule has 1 aliphatic rings. The van der Waals surface area contributed by atoms with Crippen molar-refractivity contribution in [1.82, 2.24) is 0 Å². The summed E-state index contributed by atoms with van der Waals surface area (Å²) < 4.78 is 6.52. The van der Waals surface area contributed by atoms with Crippen molar-refractivity contribution in [2.24, 2.45) is 0 Å². The minimum Gasteiger partial charge on any atom is -0.507 e. The Morgan fingerprint density at radius 2 is 1.61 bits per heavy atom. The van der Waals surface area contributed by atoms with Crippen molar-refractivity contribution in [3.05, 3.63) is 44.1 Å². The Morgan fingerprint density at radius 3 is 2.23 bits per heavy atom. The first-order valence-corrected chi connectivity index (χ1v) is 12.0. The fourth-order valence-corrected chi connectivity index (χ4v) is 4.56. The SMILES string of the molecule is C/C(=C/CCCCCCCCCCC1(C)CCc2c(C)c(O)c(C)c(C)c2O1)[N+](=O)[O-]. The van der Waals surface area contributed by atoms with E-state index in [0.717, 1.165) is 61.0 Å². The number of phenols is 1. The molecule has 1 aromatic carbocycles. The zero-order chi connectivity index (χ0) is 23.0. The lowest BCUT2D eigenvalue weighted by atomic mass is 9.84. The lowest BCUT2D eigenvalue weighted by Gasteiger charge is -2.38. The molecule has 1 heterocycles. The van der Waals surface area contributed by atoms with E-state index in [0.29, 0.717) is 5.75 Å². The summed E-state index contributed by atoms with van der Waals surface area (Å²) >= 11 is 0. The van der Waals surface area contributed by atoms with Crippen LogP contribution in [0.4, 0.5) is 0 Å². The van der Waals surface area contributed by atoms with Crippen molar-refractivity contribution in [2.75, 3.05) is 0 Å². The summed E-state index contributed by atoms with van der Waals surface area (Å²) in [5.41, 5.74) is 4.32. The molecular formula is C26H41NO4. The van der Waals surface area contributed by atoms with E-state index < -0.39 is 0 Å². The molecule has 1 N–H and O–H groups in total. The van der Waals surface area contributed by atoms with Crippen LogP contribution < -0.4 is 4.74 Å². The average molecular weight is 432 g/mol. The molecule has 0 fully saturated rings. The van der Waals surface area contributed by atoms with Crippen molar-refractivity contribution >= 4 is 0 Å². The third kappa shape index (κ3) is 6.98. The van der Waals surface area contributed by atoms with E-state index in [2.05, 4.69) is 13.8 Å². The largest absolute Gasteiger partial charge is 0.507 e. The van der Waals surface area contributed by atoms with Crippen molar-refractivity contribution in [3.63, 3.8) is 0 Å². The molecule has 0 aliphatic carbocycles. The Hall–Kier alpha value is -2.04. The first-order chi connectivity index (χ1) is 14.7. The number of rotatable bonds is 12. The fourth-order valence-electron chi connectivity index (χ4n) is 4.56. The Labute approximate surface area is 188 Å². The third-order valence-electron chi connectivity index (χ3n) is 6.98. The van der Waals surface area contributed by atoms with Gasteiger partial charge in [0.05, 0.1) is 4.92 Å². The van der Waals surface area contributed by atoms with Crippen LogP contribution in [0.1, 0.15) is 107 Å². The number of hydrogen-bond donors (Lipinski definition) is 1. The Morgan fingerprint density at radius 1 is 1.03 bits per heavy atom. The molecule has 1 atom stereocenters. The van der Waals surface area contributed by atoms with Gasteiger partial charge in [0.15, 0.2) is 0 Å². The van der Waals surface area contributed by atoms with Crippen molar-refractivity contribution in [2.45, 2.75) is 117 Å². The molecule has 2 rings (SSSR count). The van der Waals surface area contributed by atoms with Crippen LogP contribution in [-0.4, -0.2) is 15.6 Å². The summed E-state index contributed by atoms with van der Waals surface area (Å²) in [5, 5.41) is 20.9. The molecule has 1 aromatic rings. The van der Waals surface area contributed by atoms with Gasteiger partial charge < -0.3 is 9.84 Å². The molecule has 0 saturated heterocycles. The van der Waals surface area contributed by atoms with E-state index in [4.69, 9.17) is 4.74 Å². The number of allylic oxidation sites excluding steroid dienone is 2. The highest BCUT2D eigenvalue weighted by Crippen LogP contribution is 2.44. The first kappa shape index (κ1) is 25.2. The van der Waals surface area contributed by atoms with Crippen molar-refractivity contribution in [1.29, 1.82) is 0 Å². The predicted octanol–water partition coefficient (Wildman–Crippen LogP) is 7.48. The van der Waals surface area contributed by atoms with E-state index in [1.165, 1.54) is 44.1 Å². The normalized spacial score (nSPS) is 18.5. The second-order valence-electron chi connectivity index (χ2n) is 9.55. The molecule has 5 heteroatoms. The highest BCUT2D eigenvalue weighted by atomic mass is 16.6. The van der Waals surface area contributed by atoms with Crippen LogP contribution in [0.2, 0.25) is 0 Å². The Bertz CT molecular complexity index is 799. The molecule has 0 amide bonds. The van der Waals surface area contributed by atoms with Crippen LogP contribution in [0.3, 0.4) is 0 Å². The van der Waals surface area contributed by atoms with Gasteiger partial charge in [-0.2, -0.15) is 0 Å². The summed E-state index contributed by atoms with van der Waals surface area (Å²) in [6.07, 6.45) is 15.2. The Balaban J connectivity index is 1.63. The predicted molar refractivity (Wildman–Crippen MR) is 127 cm³/mol. The highest BCUT2D eigenvalue weighted by molar-refractivity contribution is 5.58. The van der Waals surface area contributed by atoms with Gasteiger partial charge in [0.1, 0.15) is 17.1 Å². The van der Waals surface area contributed by atoms with Crippen molar-refractivity contribution < 1.29 is 14.8 Å². The maximum Gasteiger partial charge on any atom is 0.239 e. The zero-order valence-corrected chi connectivity index (χ0v) is 20.2. The standard InChI is InChI=1S/C26H41NO4/c1-19(27(29)30)15-13-11-9-7-6-8-10-12-14-17-26(5)18-16-23-22(4)24(28)20(2)21(3)25(23)31-26/h15,28H,6-14,16-18H2,1-5H3/b19-15-. The number of hydrogen-bond acceptors (Lipinski definition) is 4. The number of phenolic OH excluding ortho intramolecular Hbond substituents is 1. The number of nitrogens with zero attached hydrogens (tertiary/aromatic N) is 1. The van der Waals surface area contributed by atoms with Gasteiger partial charge in [-0.3, -0.25) is 10.1 Å². The van der Waals surface area contributed by atoms with Gasteiger partial charge in [0.2, 0.25) is 5.70 Å². The second kappa shape index (κ2) is 11.5. The maximum atomic E-state index is 10.5. The van der Waals surface area contributed by atoms with Crippen LogP contribution in [0.25, 0.3) is 0 Å². The number of fused-ring (bicyclic) bond motifs is 1. The van der Waals surface area contributed by atoms with Crippen LogP contribution >= 0.6 is 0 Å². The van der Waals surface area contributed by atoms with Crippen LogP contribution in [0.5, 0.6) is 11.5 Å². The lowest BCUT2D eigenvalue weighted by molar-refractivity contribution is -0.424. The second-order valence-corrected chi connectivity index (χ2v) is 9.55. The first-order valence-electron chi connectivity index (χ1n) is 12.0. The quantitative estimate of drug-likeness (QED) is 0.211. The number of nitro groups is 1. The molecule has 5 nitrogen and oxygen atoms in total. The van der Waals surface area contributed by atoms with Gasteiger partial charge in [-0.25, -0.2) is 0 Å². The van der Waals surface area contributed by atoms with Gasteiger partial charge >= 0.3 is 0 Å². The number of benzene rings is 1. The van der Waals surface area contributed by atoms with E-state index in [1.54, 1.807) is 13.0 Å². The van der Waals surface area contributed by atoms with Crippen LogP contribution in [0, 0.1) is 30.9 Å². The molecule has 31 heavy (non-hydrogen) atoms. The molecule has 0 spiro atoms. The minimum atomic E-state index is -0.314. The highest BCUT2D eigenvalue weighted by Gasteiger charge is 2.34. The summed E-state index contributed by atoms with van der Waals surface area (Å²) in [6.45, 7) is 9.82. The van der Waals surface area contributed by atoms with Gasteiger partial charge in [0.25, 0.3) is 0 Å². The average Bonchev–Trinajstić information content (AvgIpc) is 2.74. The van der Waals surface area contributed by atoms with Crippen molar-refractivity contribution in [3.8, 4) is 11.5 Å². The summed E-state index contributed by atoms with van der Waals surface area (Å²) in [6, 6.07) is 0. The molecule has 1 aliphatic heterocycles. The lowest BCUT2D eigenvalue weighted by Crippen LogP contribution is -2.37. The molecular weight excluding hydrogens is 390 g/mol. The molecule has 0 saturated carbocycles. The maximum absolute atomic E-state index is 10.5. The van der Waals surface area contributed by atoms with E-state index in [1.807, 2.05) is 13.8 Å². The minimum absolute atomic E-state index is 0.108. The van der Waals surface area contributed by atoms with Crippen LogP contribution in [-0.2, 0) is 6.42 Å². The molecule has 174 valence electrons. The van der Waals surface area contributed by atoms with E-state index in [-0.39, 0.29) is 16.2 Å². The van der Waals surface area contributed by atoms with Crippen LogP contribution in [0.15, 0.2) is 11.8 Å². The van der Waals surface area contributed by atoms with E-state index in [9.17, 15) is 15.2 Å². The summed E-state index contributed by atoms with van der Waals surface area (Å²) in [5.74, 6) is 1.43. The van der Waals surface area contributed by atoms with Gasteiger partial charge in [-0.15, -0.1) is 0 Å². The number of ether oxygens (including phenoxy) is 1. The van der Waals surface area contributed by atoms with E-state index >= 15 is 0 Å². The smallest absolute Gasteiger partial charge is 0.239 e.